The molecule has 20 heavy (non-hydrogen) atoms. The van der Waals surface area contributed by atoms with E-state index in [1.54, 1.807) is 0 Å². The van der Waals surface area contributed by atoms with Crippen molar-refractivity contribution in [2.24, 2.45) is 10.8 Å². The molecule has 2 saturated carbocycles. The maximum absolute atomic E-state index is 5.92. The molecule has 0 heterocycles. The van der Waals surface area contributed by atoms with Gasteiger partial charge in [-0.25, -0.2) is 0 Å². The lowest BCUT2D eigenvalue weighted by Gasteiger charge is -2.56. The molecule has 0 unspecified atom stereocenters. The highest BCUT2D eigenvalue weighted by Crippen LogP contribution is 2.59. The summed E-state index contributed by atoms with van der Waals surface area (Å²) in [7, 11) is 0. The van der Waals surface area contributed by atoms with Gasteiger partial charge in [0.15, 0.2) is 0 Å². The molecule has 2 nitrogen and oxygen atoms in total. The van der Waals surface area contributed by atoms with Crippen molar-refractivity contribution in [2.45, 2.75) is 51.4 Å². The molecule has 2 heteroatoms. The topological polar surface area (TPSA) is 18.5 Å². The maximum atomic E-state index is 5.92. The van der Waals surface area contributed by atoms with Crippen LogP contribution in [0.3, 0.4) is 0 Å². The van der Waals surface area contributed by atoms with Crippen LogP contribution in [0, 0.1) is 10.8 Å². The van der Waals surface area contributed by atoms with Crippen LogP contribution in [0.15, 0.2) is 25.3 Å². The van der Waals surface area contributed by atoms with E-state index in [1.165, 1.54) is 51.4 Å². The molecule has 0 amide bonds. The Morgan fingerprint density at radius 3 is 1.35 bits per heavy atom. The Balaban J connectivity index is 2.11. The van der Waals surface area contributed by atoms with E-state index in [9.17, 15) is 0 Å². The van der Waals surface area contributed by atoms with Gasteiger partial charge in [-0.2, -0.15) is 0 Å². The number of fused-ring (bicyclic) bond motifs is 1. The normalized spacial score (nSPS) is 33.4. The van der Waals surface area contributed by atoms with Crippen LogP contribution in [0.5, 0.6) is 0 Å². The third kappa shape index (κ3) is 3.17. The predicted molar refractivity (Wildman–Crippen MR) is 83.8 cm³/mol. The van der Waals surface area contributed by atoms with Gasteiger partial charge < -0.3 is 9.47 Å². The van der Waals surface area contributed by atoms with Crippen molar-refractivity contribution in [3.63, 3.8) is 0 Å². The van der Waals surface area contributed by atoms with E-state index in [-0.39, 0.29) is 0 Å². The van der Waals surface area contributed by atoms with Gasteiger partial charge >= 0.3 is 0 Å². The lowest BCUT2D eigenvalue weighted by atomic mass is 9.50. The molecule has 0 aromatic rings. The van der Waals surface area contributed by atoms with Crippen molar-refractivity contribution in [3.05, 3.63) is 25.3 Å². The minimum atomic E-state index is 0.341. The second-order valence-electron chi connectivity index (χ2n) is 6.58. The van der Waals surface area contributed by atoms with Gasteiger partial charge in [-0.15, -0.1) is 13.2 Å². The quantitative estimate of drug-likeness (QED) is 0.480. The maximum Gasteiger partial charge on any atom is 0.0645 e. The van der Waals surface area contributed by atoms with Gasteiger partial charge in [0.2, 0.25) is 0 Å². The summed E-state index contributed by atoms with van der Waals surface area (Å²) in [5.41, 5.74) is 0.682. The highest BCUT2D eigenvalue weighted by molar-refractivity contribution is 5.03. The molecule has 114 valence electrons. The van der Waals surface area contributed by atoms with E-state index in [0.717, 1.165) is 13.2 Å². The van der Waals surface area contributed by atoms with Gasteiger partial charge in [-0.05, 0) is 25.7 Å². The fourth-order valence-corrected chi connectivity index (χ4v) is 4.43. The van der Waals surface area contributed by atoms with Gasteiger partial charge in [0.05, 0.1) is 26.4 Å². The first-order valence-electron chi connectivity index (χ1n) is 8.16. The summed E-state index contributed by atoms with van der Waals surface area (Å²) >= 11 is 0. The SMILES string of the molecule is C=CCOCC12CCCCC1(COCC=C)CCCC2. The average Bonchev–Trinajstić information content (AvgIpc) is 2.48. The van der Waals surface area contributed by atoms with E-state index >= 15 is 0 Å². The summed E-state index contributed by atoms with van der Waals surface area (Å²) < 4.78 is 11.8. The first kappa shape index (κ1) is 15.8. The summed E-state index contributed by atoms with van der Waals surface area (Å²) in [5.74, 6) is 0. The Labute approximate surface area is 124 Å². The highest BCUT2D eigenvalue weighted by atomic mass is 16.5. The largest absolute Gasteiger partial charge is 0.377 e. The Bertz CT molecular complexity index is 277. The van der Waals surface area contributed by atoms with Crippen LogP contribution in [0.1, 0.15) is 51.4 Å². The van der Waals surface area contributed by atoms with Crippen molar-refractivity contribution in [3.8, 4) is 0 Å². The third-order valence-electron chi connectivity index (χ3n) is 5.47. The van der Waals surface area contributed by atoms with Gasteiger partial charge in [-0.3, -0.25) is 0 Å². The van der Waals surface area contributed by atoms with Gasteiger partial charge in [0.25, 0.3) is 0 Å². The summed E-state index contributed by atoms with van der Waals surface area (Å²) in [6.07, 6.45) is 14.3. The van der Waals surface area contributed by atoms with Crippen LogP contribution < -0.4 is 0 Å². The fraction of sp³-hybridized carbons (Fsp3) is 0.778. The van der Waals surface area contributed by atoms with Crippen molar-refractivity contribution in [2.75, 3.05) is 26.4 Å². The first-order valence-corrected chi connectivity index (χ1v) is 8.16. The molecule has 0 atom stereocenters. The highest BCUT2D eigenvalue weighted by Gasteiger charge is 2.53. The Morgan fingerprint density at radius 2 is 1.05 bits per heavy atom. The van der Waals surface area contributed by atoms with Gasteiger partial charge in [-0.1, -0.05) is 37.8 Å². The van der Waals surface area contributed by atoms with Crippen LogP contribution in [0.25, 0.3) is 0 Å². The van der Waals surface area contributed by atoms with Gasteiger partial charge in [0, 0.05) is 10.8 Å². The molecule has 0 aromatic carbocycles. The first-order chi connectivity index (χ1) is 9.79. The van der Waals surface area contributed by atoms with Crippen molar-refractivity contribution < 1.29 is 9.47 Å². The summed E-state index contributed by atoms with van der Waals surface area (Å²) in [4.78, 5) is 0. The Kier molecular flexibility index (Phi) is 5.86. The van der Waals surface area contributed by atoms with E-state index in [1.807, 2.05) is 12.2 Å². The molecule has 2 rings (SSSR count). The van der Waals surface area contributed by atoms with Crippen LogP contribution in [0.4, 0.5) is 0 Å². The molecule has 0 radical (unpaired) electrons. The fourth-order valence-electron chi connectivity index (χ4n) is 4.43. The van der Waals surface area contributed by atoms with E-state index in [0.29, 0.717) is 24.0 Å². The summed E-state index contributed by atoms with van der Waals surface area (Å²) in [5, 5.41) is 0. The molecule has 0 aromatic heterocycles. The number of hydrogen-bond donors (Lipinski definition) is 0. The van der Waals surface area contributed by atoms with E-state index in [4.69, 9.17) is 9.47 Å². The van der Waals surface area contributed by atoms with Crippen molar-refractivity contribution in [1.82, 2.24) is 0 Å². The van der Waals surface area contributed by atoms with E-state index in [2.05, 4.69) is 13.2 Å². The zero-order chi connectivity index (χ0) is 14.3. The standard InChI is InChI=1S/C18H30O2/c1-3-13-19-15-17-9-5-7-11-18(17,12-8-6-10-17)16-20-14-4-2/h3-4H,1-2,5-16H2. The molecule has 0 spiro atoms. The predicted octanol–water partition coefficient (Wildman–Crippen LogP) is 4.51. The molecule has 2 aliphatic carbocycles. The van der Waals surface area contributed by atoms with Crippen LogP contribution >= 0.6 is 0 Å². The zero-order valence-corrected chi connectivity index (χ0v) is 12.9. The summed E-state index contributed by atoms with van der Waals surface area (Å²) in [6, 6.07) is 0. The molecule has 0 bridgehead atoms. The minimum Gasteiger partial charge on any atom is -0.377 e. The lowest BCUT2D eigenvalue weighted by Crippen LogP contribution is -2.52. The molecule has 0 aliphatic heterocycles. The third-order valence-corrected chi connectivity index (χ3v) is 5.47. The molecule has 0 N–H and O–H groups in total. The van der Waals surface area contributed by atoms with Crippen LogP contribution in [0.2, 0.25) is 0 Å². The second kappa shape index (κ2) is 7.42. The lowest BCUT2D eigenvalue weighted by molar-refractivity contribution is -0.137. The molecular formula is C18H30O2. The number of rotatable bonds is 8. The summed E-state index contributed by atoms with van der Waals surface area (Å²) in [6.45, 7) is 10.6. The van der Waals surface area contributed by atoms with Crippen LogP contribution in [-0.2, 0) is 9.47 Å². The second-order valence-corrected chi connectivity index (χ2v) is 6.58. The van der Waals surface area contributed by atoms with Crippen molar-refractivity contribution >= 4 is 0 Å². The van der Waals surface area contributed by atoms with Crippen LogP contribution in [-0.4, -0.2) is 26.4 Å². The van der Waals surface area contributed by atoms with Crippen molar-refractivity contribution in [1.29, 1.82) is 0 Å². The smallest absolute Gasteiger partial charge is 0.0645 e. The molecule has 2 fully saturated rings. The minimum absolute atomic E-state index is 0.341. The van der Waals surface area contributed by atoms with Gasteiger partial charge in [0.1, 0.15) is 0 Å². The Hall–Kier alpha value is -0.600. The number of hydrogen-bond acceptors (Lipinski definition) is 2. The number of ether oxygens (including phenoxy) is 2. The Morgan fingerprint density at radius 1 is 0.700 bits per heavy atom. The molecule has 2 aliphatic rings. The average molecular weight is 278 g/mol. The molecular weight excluding hydrogens is 248 g/mol. The zero-order valence-electron chi connectivity index (χ0n) is 12.9. The van der Waals surface area contributed by atoms with E-state index < -0.39 is 0 Å². The molecule has 0 saturated heterocycles. The monoisotopic (exact) mass is 278 g/mol.